The van der Waals surface area contributed by atoms with Crippen LogP contribution in [0, 0.1) is 0 Å². The third-order valence-electron chi connectivity index (χ3n) is 2.71. The van der Waals surface area contributed by atoms with Gasteiger partial charge in [-0.05, 0) is 0 Å². The van der Waals surface area contributed by atoms with E-state index in [2.05, 4.69) is 0 Å². The molecule has 8 heteroatoms. The maximum Gasteiger partial charge on any atom is 0.389 e. The van der Waals surface area contributed by atoms with E-state index in [9.17, 15) is 22.8 Å². The van der Waals surface area contributed by atoms with E-state index in [1.807, 2.05) is 0 Å². The number of alkyl halides is 3. The Morgan fingerprint density at radius 3 is 2.11 bits per heavy atom. The second kappa shape index (κ2) is 6.03. The van der Waals surface area contributed by atoms with E-state index in [1.165, 1.54) is 4.90 Å². The van der Waals surface area contributed by atoms with Crippen LogP contribution >= 0.6 is 0 Å². The summed E-state index contributed by atoms with van der Waals surface area (Å²) in [5, 5.41) is 8.57. The lowest BCUT2D eigenvalue weighted by atomic mass is 10.2. The zero-order valence-corrected chi connectivity index (χ0v) is 9.74. The second-order valence-corrected chi connectivity index (χ2v) is 4.17. The molecule has 0 atom stereocenters. The summed E-state index contributed by atoms with van der Waals surface area (Å²) in [5.41, 5.74) is 0. The summed E-state index contributed by atoms with van der Waals surface area (Å²) in [6.45, 7) is 1.21. The fraction of sp³-hybridized carbons (Fsp3) is 0.800. The molecule has 1 saturated heterocycles. The smallest absolute Gasteiger partial charge is 0.389 e. The van der Waals surface area contributed by atoms with Gasteiger partial charge < -0.3 is 10.0 Å². The van der Waals surface area contributed by atoms with Gasteiger partial charge in [-0.25, -0.2) is 0 Å². The first kappa shape index (κ1) is 14.7. The number of amides is 1. The van der Waals surface area contributed by atoms with Gasteiger partial charge in [0.1, 0.15) is 0 Å². The first-order valence-electron chi connectivity index (χ1n) is 5.56. The highest BCUT2D eigenvalue weighted by atomic mass is 19.4. The molecule has 1 heterocycles. The molecule has 1 fully saturated rings. The van der Waals surface area contributed by atoms with Crippen molar-refractivity contribution in [1.82, 2.24) is 9.80 Å². The molecule has 1 rings (SSSR count). The summed E-state index contributed by atoms with van der Waals surface area (Å²) >= 11 is 0. The molecule has 0 radical (unpaired) electrons. The average Bonchev–Trinajstić information content (AvgIpc) is 2.25. The average molecular weight is 268 g/mol. The summed E-state index contributed by atoms with van der Waals surface area (Å²) in [5.74, 6) is -1.48. The minimum atomic E-state index is -4.32. The number of halogens is 3. The number of carboxylic acid groups (broad SMARTS) is 1. The van der Waals surface area contributed by atoms with Crippen molar-refractivity contribution in [2.75, 3.05) is 32.7 Å². The number of hydrogen-bond donors (Lipinski definition) is 1. The van der Waals surface area contributed by atoms with E-state index in [4.69, 9.17) is 5.11 Å². The summed E-state index contributed by atoms with van der Waals surface area (Å²) < 4.78 is 35.8. The Kier molecular flexibility index (Phi) is 4.94. The van der Waals surface area contributed by atoms with Crippen LogP contribution in [0.3, 0.4) is 0 Å². The van der Waals surface area contributed by atoms with Gasteiger partial charge in [0.25, 0.3) is 0 Å². The Hall–Kier alpha value is -1.31. The van der Waals surface area contributed by atoms with Crippen molar-refractivity contribution in [3.63, 3.8) is 0 Å². The Bertz CT molecular complexity index is 312. The quantitative estimate of drug-likeness (QED) is 0.809. The molecule has 0 spiro atoms. The van der Waals surface area contributed by atoms with Gasteiger partial charge in [0.05, 0.1) is 13.0 Å². The highest BCUT2D eigenvalue weighted by Gasteiger charge is 2.30. The molecule has 104 valence electrons. The predicted octanol–water partition coefficient (Wildman–Crippen LogP) is 0.558. The fourth-order valence-corrected chi connectivity index (χ4v) is 1.75. The van der Waals surface area contributed by atoms with Crippen LogP contribution in [0.25, 0.3) is 0 Å². The van der Waals surface area contributed by atoms with Gasteiger partial charge in [0.2, 0.25) is 5.91 Å². The maximum absolute atomic E-state index is 11.9. The monoisotopic (exact) mass is 268 g/mol. The standard InChI is InChI=1S/C10H15F3N2O3/c11-10(12,13)2-1-8(16)15-5-3-14(4-6-15)7-9(17)18/h1-7H2,(H,17,18). The number of carboxylic acids is 1. The van der Waals surface area contributed by atoms with Crippen LogP contribution in [0.1, 0.15) is 12.8 Å². The molecule has 0 aliphatic carbocycles. The maximum atomic E-state index is 11.9. The number of piperazine rings is 1. The van der Waals surface area contributed by atoms with Crippen molar-refractivity contribution in [2.45, 2.75) is 19.0 Å². The van der Waals surface area contributed by atoms with E-state index in [0.29, 0.717) is 13.1 Å². The van der Waals surface area contributed by atoms with Gasteiger partial charge in [0.15, 0.2) is 0 Å². The summed E-state index contributed by atoms with van der Waals surface area (Å²) in [7, 11) is 0. The van der Waals surface area contributed by atoms with E-state index in [-0.39, 0.29) is 19.6 Å². The molecule has 0 saturated carbocycles. The highest BCUT2D eigenvalue weighted by molar-refractivity contribution is 5.76. The third kappa shape index (κ3) is 5.35. The Balaban J connectivity index is 2.29. The molecule has 0 aromatic rings. The predicted molar refractivity (Wildman–Crippen MR) is 55.9 cm³/mol. The summed E-state index contributed by atoms with van der Waals surface area (Å²) in [6.07, 6.45) is -5.97. The number of hydrogen-bond acceptors (Lipinski definition) is 3. The van der Waals surface area contributed by atoms with Gasteiger partial charge in [0, 0.05) is 32.6 Å². The van der Waals surface area contributed by atoms with Crippen molar-refractivity contribution in [2.24, 2.45) is 0 Å². The number of aliphatic carboxylic acids is 1. The number of carbonyl (C=O) groups is 2. The summed E-state index contributed by atoms with van der Waals surface area (Å²) in [6, 6.07) is 0. The van der Waals surface area contributed by atoms with E-state index < -0.39 is 30.9 Å². The SMILES string of the molecule is O=C(O)CN1CCN(C(=O)CCC(F)(F)F)CC1. The van der Waals surface area contributed by atoms with Crippen LogP contribution < -0.4 is 0 Å². The van der Waals surface area contributed by atoms with Gasteiger partial charge in [-0.3, -0.25) is 14.5 Å². The molecule has 0 bridgehead atoms. The first-order valence-corrected chi connectivity index (χ1v) is 5.56. The normalized spacial score (nSPS) is 17.8. The van der Waals surface area contributed by atoms with E-state index in [0.717, 1.165) is 0 Å². The zero-order valence-electron chi connectivity index (χ0n) is 9.74. The van der Waals surface area contributed by atoms with Crippen LogP contribution in [0.15, 0.2) is 0 Å². The Labute approximate surface area is 102 Å². The van der Waals surface area contributed by atoms with Gasteiger partial charge >= 0.3 is 12.1 Å². The van der Waals surface area contributed by atoms with Crippen molar-refractivity contribution >= 4 is 11.9 Å². The first-order chi connectivity index (χ1) is 8.28. The molecule has 0 unspecified atom stereocenters. The molecular formula is C10H15F3N2O3. The van der Waals surface area contributed by atoms with Crippen LogP contribution in [-0.4, -0.2) is 65.7 Å². The molecule has 0 aromatic heterocycles. The third-order valence-corrected chi connectivity index (χ3v) is 2.71. The van der Waals surface area contributed by atoms with Crippen molar-refractivity contribution in [3.05, 3.63) is 0 Å². The van der Waals surface area contributed by atoms with Crippen molar-refractivity contribution in [3.8, 4) is 0 Å². The summed E-state index contributed by atoms with van der Waals surface area (Å²) in [4.78, 5) is 24.9. The van der Waals surface area contributed by atoms with Crippen molar-refractivity contribution < 1.29 is 27.9 Å². The molecule has 1 aliphatic heterocycles. The molecular weight excluding hydrogens is 253 g/mol. The number of nitrogens with zero attached hydrogens (tertiary/aromatic N) is 2. The minimum absolute atomic E-state index is 0.107. The number of carbonyl (C=O) groups excluding carboxylic acids is 1. The Morgan fingerprint density at radius 1 is 1.11 bits per heavy atom. The van der Waals surface area contributed by atoms with Crippen LogP contribution in [0.5, 0.6) is 0 Å². The lowest BCUT2D eigenvalue weighted by Gasteiger charge is -2.33. The topological polar surface area (TPSA) is 60.9 Å². The molecule has 0 aromatic carbocycles. The zero-order chi connectivity index (χ0) is 13.8. The fourth-order valence-electron chi connectivity index (χ4n) is 1.75. The minimum Gasteiger partial charge on any atom is -0.480 e. The van der Waals surface area contributed by atoms with Gasteiger partial charge in [-0.2, -0.15) is 13.2 Å². The van der Waals surface area contributed by atoms with E-state index in [1.54, 1.807) is 4.90 Å². The van der Waals surface area contributed by atoms with Crippen LogP contribution in [0.4, 0.5) is 13.2 Å². The molecule has 1 amide bonds. The van der Waals surface area contributed by atoms with Crippen LogP contribution in [0.2, 0.25) is 0 Å². The van der Waals surface area contributed by atoms with Crippen LogP contribution in [-0.2, 0) is 9.59 Å². The lowest BCUT2D eigenvalue weighted by molar-refractivity contribution is -0.150. The highest BCUT2D eigenvalue weighted by Crippen LogP contribution is 2.22. The Morgan fingerprint density at radius 2 is 1.67 bits per heavy atom. The van der Waals surface area contributed by atoms with Crippen molar-refractivity contribution in [1.29, 1.82) is 0 Å². The lowest BCUT2D eigenvalue weighted by Crippen LogP contribution is -2.50. The van der Waals surface area contributed by atoms with E-state index >= 15 is 0 Å². The van der Waals surface area contributed by atoms with Gasteiger partial charge in [-0.1, -0.05) is 0 Å². The molecule has 18 heavy (non-hydrogen) atoms. The van der Waals surface area contributed by atoms with Gasteiger partial charge in [-0.15, -0.1) is 0 Å². The second-order valence-electron chi connectivity index (χ2n) is 4.17. The molecule has 1 aliphatic rings. The molecule has 1 N–H and O–H groups in total. The molecule has 5 nitrogen and oxygen atoms in total. The number of rotatable bonds is 4. The largest absolute Gasteiger partial charge is 0.480 e.